The van der Waals surface area contributed by atoms with Crippen LogP contribution in [0.5, 0.6) is 0 Å². The number of amides is 1. The minimum Gasteiger partial charge on any atom is -0.448 e. The summed E-state index contributed by atoms with van der Waals surface area (Å²) in [6.07, 6.45) is 3.83. The minimum atomic E-state index is -0.126. The molecule has 4 rings (SSSR count). The largest absolute Gasteiger partial charge is 0.448 e. The highest BCUT2D eigenvalue weighted by molar-refractivity contribution is 5.95. The van der Waals surface area contributed by atoms with Crippen molar-refractivity contribution in [3.63, 3.8) is 0 Å². The molecule has 1 aliphatic heterocycles. The molecule has 2 bridgehead atoms. The van der Waals surface area contributed by atoms with Crippen molar-refractivity contribution in [3.05, 3.63) is 29.8 Å². The molecule has 0 aromatic carbocycles. The van der Waals surface area contributed by atoms with Crippen molar-refractivity contribution in [1.82, 2.24) is 15.6 Å². The summed E-state index contributed by atoms with van der Waals surface area (Å²) in [5.74, 6) is 6.68. The first kappa shape index (κ1) is 13.4. The van der Waals surface area contributed by atoms with Crippen LogP contribution in [0.15, 0.2) is 22.7 Å². The molecule has 2 aromatic heterocycles. The first-order valence-corrected chi connectivity index (χ1v) is 7.59. The minimum absolute atomic E-state index is 0.126. The quantitative estimate of drug-likeness (QED) is 0.827. The monoisotopic (exact) mass is 295 g/mol. The van der Waals surface area contributed by atoms with Crippen molar-refractivity contribution in [2.45, 2.75) is 31.8 Å². The van der Waals surface area contributed by atoms with Crippen LogP contribution in [-0.2, 0) is 0 Å². The molecule has 5 heteroatoms. The number of nitrogens with one attached hydrogen (secondary N) is 2. The Hall–Kier alpha value is -2.32. The predicted molar refractivity (Wildman–Crippen MR) is 82.3 cm³/mol. The Balaban J connectivity index is 1.54. The van der Waals surface area contributed by atoms with Crippen molar-refractivity contribution in [2.24, 2.45) is 5.92 Å². The first-order valence-electron chi connectivity index (χ1n) is 7.59. The number of pyridine rings is 1. The number of furan rings is 1. The molecule has 2 fully saturated rings. The predicted octanol–water partition coefficient (Wildman–Crippen LogP) is 1.68. The molecule has 2 N–H and O–H groups in total. The lowest BCUT2D eigenvalue weighted by atomic mass is 10.0. The third-order valence-corrected chi connectivity index (χ3v) is 4.56. The zero-order chi connectivity index (χ0) is 15.1. The SMILES string of the molecule is CC#Cc1cc2cnc(C(=O)NC3CC4CC3CN4)cc2o1. The second kappa shape index (κ2) is 5.15. The molecule has 3 unspecified atom stereocenters. The van der Waals surface area contributed by atoms with Crippen molar-refractivity contribution >= 4 is 16.9 Å². The number of aromatic nitrogens is 1. The van der Waals surface area contributed by atoms with Crippen LogP contribution in [0.1, 0.15) is 36.0 Å². The molecule has 1 saturated heterocycles. The number of piperidine rings is 1. The number of fused-ring (bicyclic) bond motifs is 3. The van der Waals surface area contributed by atoms with Crippen molar-refractivity contribution in [1.29, 1.82) is 0 Å². The van der Waals surface area contributed by atoms with Gasteiger partial charge in [0, 0.05) is 42.3 Å². The molecule has 2 aliphatic rings. The topological polar surface area (TPSA) is 67.2 Å². The van der Waals surface area contributed by atoms with E-state index in [9.17, 15) is 4.79 Å². The lowest BCUT2D eigenvalue weighted by Crippen LogP contribution is -2.44. The van der Waals surface area contributed by atoms with Gasteiger partial charge in [0.2, 0.25) is 0 Å². The van der Waals surface area contributed by atoms with Crippen LogP contribution in [0, 0.1) is 17.8 Å². The van der Waals surface area contributed by atoms with Crippen LogP contribution in [0.4, 0.5) is 0 Å². The van der Waals surface area contributed by atoms with E-state index >= 15 is 0 Å². The highest BCUT2D eigenvalue weighted by atomic mass is 16.3. The fourth-order valence-corrected chi connectivity index (χ4v) is 3.50. The summed E-state index contributed by atoms with van der Waals surface area (Å²) >= 11 is 0. The average Bonchev–Trinajstić information content (AvgIpc) is 3.20. The molecule has 1 saturated carbocycles. The Labute approximate surface area is 128 Å². The maximum atomic E-state index is 12.4. The summed E-state index contributed by atoms with van der Waals surface area (Å²) in [5, 5.41) is 7.41. The molecule has 22 heavy (non-hydrogen) atoms. The average molecular weight is 295 g/mol. The van der Waals surface area contributed by atoms with Gasteiger partial charge in [-0.05, 0) is 31.6 Å². The highest BCUT2D eigenvalue weighted by Gasteiger charge is 2.40. The van der Waals surface area contributed by atoms with Gasteiger partial charge in [-0.15, -0.1) is 0 Å². The van der Waals surface area contributed by atoms with E-state index < -0.39 is 0 Å². The van der Waals surface area contributed by atoms with E-state index in [2.05, 4.69) is 27.5 Å². The van der Waals surface area contributed by atoms with E-state index in [0.717, 1.165) is 24.8 Å². The zero-order valence-corrected chi connectivity index (χ0v) is 12.3. The summed E-state index contributed by atoms with van der Waals surface area (Å²) in [7, 11) is 0. The fraction of sp³-hybridized carbons (Fsp3) is 0.412. The summed E-state index contributed by atoms with van der Waals surface area (Å²) in [6, 6.07) is 4.35. The van der Waals surface area contributed by atoms with Crippen molar-refractivity contribution in [2.75, 3.05) is 6.54 Å². The molecular formula is C17H17N3O2. The zero-order valence-electron chi connectivity index (χ0n) is 12.3. The van der Waals surface area contributed by atoms with Gasteiger partial charge in [-0.25, -0.2) is 0 Å². The molecular weight excluding hydrogens is 278 g/mol. The lowest BCUT2D eigenvalue weighted by molar-refractivity contribution is 0.0920. The summed E-state index contributed by atoms with van der Waals surface area (Å²) < 4.78 is 5.61. The number of carbonyl (C=O) groups is 1. The molecule has 1 amide bonds. The molecule has 1 aliphatic carbocycles. The first-order chi connectivity index (χ1) is 10.7. The van der Waals surface area contributed by atoms with E-state index in [-0.39, 0.29) is 11.9 Å². The van der Waals surface area contributed by atoms with E-state index in [1.165, 1.54) is 0 Å². The van der Waals surface area contributed by atoms with E-state index in [1.54, 1.807) is 19.2 Å². The van der Waals surface area contributed by atoms with E-state index in [4.69, 9.17) is 4.42 Å². The summed E-state index contributed by atoms with van der Waals surface area (Å²) in [4.78, 5) is 16.6. The van der Waals surface area contributed by atoms with Gasteiger partial charge in [0.1, 0.15) is 11.3 Å². The van der Waals surface area contributed by atoms with E-state index in [0.29, 0.717) is 29.0 Å². The Morgan fingerprint density at radius 1 is 1.45 bits per heavy atom. The normalized spacial score (nSPS) is 26.0. The number of rotatable bonds is 2. The van der Waals surface area contributed by atoms with Crippen molar-refractivity contribution < 1.29 is 9.21 Å². The molecule has 0 radical (unpaired) electrons. The maximum absolute atomic E-state index is 12.4. The molecule has 0 spiro atoms. The van der Waals surface area contributed by atoms with Crippen LogP contribution < -0.4 is 10.6 Å². The number of hydrogen-bond acceptors (Lipinski definition) is 4. The second-order valence-corrected chi connectivity index (χ2v) is 6.01. The highest BCUT2D eigenvalue weighted by Crippen LogP contribution is 2.31. The Morgan fingerprint density at radius 2 is 2.36 bits per heavy atom. The number of carbonyl (C=O) groups excluding carboxylic acids is 1. The van der Waals surface area contributed by atoms with Gasteiger partial charge in [-0.3, -0.25) is 9.78 Å². The molecule has 3 heterocycles. The van der Waals surface area contributed by atoms with Gasteiger partial charge in [0.15, 0.2) is 5.76 Å². The van der Waals surface area contributed by atoms with E-state index in [1.807, 2.05) is 6.07 Å². The van der Waals surface area contributed by atoms with Crippen LogP contribution in [-0.4, -0.2) is 29.5 Å². The van der Waals surface area contributed by atoms with Crippen LogP contribution in [0.3, 0.4) is 0 Å². The Morgan fingerprint density at radius 3 is 3.09 bits per heavy atom. The van der Waals surface area contributed by atoms with Crippen LogP contribution >= 0.6 is 0 Å². The van der Waals surface area contributed by atoms with Crippen LogP contribution in [0.25, 0.3) is 11.0 Å². The molecule has 2 aromatic rings. The summed E-state index contributed by atoms with van der Waals surface area (Å²) in [6.45, 7) is 2.76. The maximum Gasteiger partial charge on any atom is 0.270 e. The molecule has 112 valence electrons. The summed E-state index contributed by atoms with van der Waals surface area (Å²) in [5.41, 5.74) is 1.04. The standard InChI is InChI=1S/C17H17N3O2/c1-2-3-13-5-11-9-19-15(7-16(11)22-13)17(21)20-14-6-12-4-10(14)8-18-12/h5,7,9-10,12,14,18H,4,6,8H2,1H3,(H,20,21). The molecule has 5 nitrogen and oxygen atoms in total. The Kier molecular flexibility index (Phi) is 3.12. The van der Waals surface area contributed by atoms with Gasteiger partial charge >= 0.3 is 0 Å². The van der Waals surface area contributed by atoms with Crippen LogP contribution in [0.2, 0.25) is 0 Å². The third-order valence-electron chi connectivity index (χ3n) is 4.56. The van der Waals surface area contributed by atoms with Crippen molar-refractivity contribution in [3.8, 4) is 11.8 Å². The fourth-order valence-electron chi connectivity index (χ4n) is 3.50. The van der Waals surface area contributed by atoms with Gasteiger partial charge in [-0.2, -0.15) is 0 Å². The molecule has 3 atom stereocenters. The van der Waals surface area contributed by atoms with Gasteiger partial charge in [0.05, 0.1) is 0 Å². The smallest absolute Gasteiger partial charge is 0.270 e. The number of hydrogen-bond donors (Lipinski definition) is 2. The Bertz CT molecular complexity index is 799. The second-order valence-electron chi connectivity index (χ2n) is 6.01. The van der Waals surface area contributed by atoms with Gasteiger partial charge < -0.3 is 15.1 Å². The lowest BCUT2D eigenvalue weighted by Gasteiger charge is -2.23. The third kappa shape index (κ3) is 2.26. The van der Waals surface area contributed by atoms with Gasteiger partial charge in [-0.1, -0.05) is 5.92 Å². The number of nitrogens with zero attached hydrogens (tertiary/aromatic N) is 1. The van der Waals surface area contributed by atoms with Gasteiger partial charge in [0.25, 0.3) is 5.91 Å².